The number of aryl methyl sites for hydroxylation is 2. The highest BCUT2D eigenvalue weighted by Crippen LogP contribution is 2.07. The number of Topliss-reactive ketones (excluding diaryl/α,β-unsaturated/α-hetero) is 1. The summed E-state index contributed by atoms with van der Waals surface area (Å²) in [7, 11) is 0. The van der Waals surface area contributed by atoms with Crippen molar-refractivity contribution in [2.75, 3.05) is 19.6 Å². The fourth-order valence-corrected chi connectivity index (χ4v) is 3.16. The number of benzene rings is 1. The highest BCUT2D eigenvalue weighted by atomic mass is 16.2. The number of amides is 2. The Bertz CT molecular complexity index is 701. The van der Waals surface area contributed by atoms with Gasteiger partial charge < -0.3 is 16.0 Å². The molecule has 0 saturated carbocycles. The normalized spacial score (nSPS) is 9.85. The fraction of sp³-hybridized carbons (Fsp3) is 0.727. The van der Waals surface area contributed by atoms with Crippen molar-refractivity contribution in [1.82, 2.24) is 16.0 Å². The zero-order valence-electron chi connectivity index (χ0n) is 27.2. The van der Waals surface area contributed by atoms with E-state index in [1.165, 1.54) is 11.1 Å². The first-order valence-electron chi connectivity index (χ1n) is 15.5. The molecule has 3 N–H and O–H groups in total. The van der Waals surface area contributed by atoms with Gasteiger partial charge in [-0.25, -0.2) is 0 Å². The molecule has 1 aromatic rings. The Hall–Kier alpha value is -2.21. The lowest BCUT2D eigenvalue weighted by atomic mass is 10.1. The van der Waals surface area contributed by atoms with Crippen molar-refractivity contribution in [1.29, 1.82) is 0 Å². The molecule has 39 heavy (non-hydrogen) atoms. The summed E-state index contributed by atoms with van der Waals surface area (Å²) in [6, 6.07) is 9.05. The molecule has 0 spiro atoms. The molecule has 2 amide bonds. The molecule has 0 heterocycles. The molecule has 0 aliphatic carbocycles. The third-order valence-electron chi connectivity index (χ3n) is 5.58. The second-order valence-electron chi connectivity index (χ2n) is 9.86. The summed E-state index contributed by atoms with van der Waals surface area (Å²) in [6.07, 6.45) is 8.31. The van der Waals surface area contributed by atoms with Crippen molar-refractivity contribution in [3.63, 3.8) is 0 Å². The van der Waals surface area contributed by atoms with E-state index in [0.717, 1.165) is 58.0 Å². The van der Waals surface area contributed by atoms with Gasteiger partial charge in [0.2, 0.25) is 11.8 Å². The van der Waals surface area contributed by atoms with Gasteiger partial charge in [-0.1, -0.05) is 105 Å². The molecule has 0 aliphatic rings. The van der Waals surface area contributed by atoms with Crippen LogP contribution in [0.2, 0.25) is 0 Å². The molecule has 1 aromatic carbocycles. The second-order valence-corrected chi connectivity index (χ2v) is 9.86. The molecule has 1 rings (SSSR count). The van der Waals surface area contributed by atoms with Crippen molar-refractivity contribution in [3.8, 4) is 0 Å². The van der Waals surface area contributed by atoms with E-state index in [9.17, 15) is 14.4 Å². The summed E-state index contributed by atoms with van der Waals surface area (Å²) >= 11 is 0. The Morgan fingerprint density at radius 1 is 0.718 bits per heavy atom. The molecule has 0 radical (unpaired) electrons. The first-order chi connectivity index (χ1) is 18.6. The van der Waals surface area contributed by atoms with Crippen LogP contribution in [0, 0.1) is 12.8 Å². The van der Waals surface area contributed by atoms with Gasteiger partial charge in [0.15, 0.2) is 5.78 Å². The summed E-state index contributed by atoms with van der Waals surface area (Å²) in [6.45, 7) is 22.1. The van der Waals surface area contributed by atoms with Gasteiger partial charge in [-0.05, 0) is 51.1 Å². The van der Waals surface area contributed by atoms with E-state index in [1.54, 1.807) is 0 Å². The first-order valence-corrected chi connectivity index (χ1v) is 15.5. The van der Waals surface area contributed by atoms with Crippen molar-refractivity contribution in [2.45, 2.75) is 133 Å². The van der Waals surface area contributed by atoms with E-state index in [1.807, 2.05) is 41.5 Å². The smallest absolute Gasteiger partial charge is 0.220 e. The van der Waals surface area contributed by atoms with E-state index in [2.05, 4.69) is 67.9 Å². The second kappa shape index (κ2) is 30.3. The van der Waals surface area contributed by atoms with Gasteiger partial charge in [-0.15, -0.1) is 0 Å². The number of nitrogens with one attached hydrogen (secondary N) is 3. The zero-order chi connectivity index (χ0) is 30.5. The number of ketones is 1. The third-order valence-corrected chi connectivity index (χ3v) is 5.58. The lowest BCUT2D eigenvalue weighted by molar-refractivity contribution is -0.126. The lowest BCUT2D eigenvalue weighted by Gasteiger charge is -2.08. The monoisotopic (exact) mass is 549 g/mol. The fourth-order valence-electron chi connectivity index (χ4n) is 3.16. The maximum absolute atomic E-state index is 11.5. The minimum Gasteiger partial charge on any atom is -0.356 e. The van der Waals surface area contributed by atoms with E-state index in [4.69, 9.17) is 0 Å². The average Bonchev–Trinajstić information content (AvgIpc) is 2.93. The SMILES string of the molecule is CC.CC.CC(C)NCCCCCC(=O)NCC(=O)C(C)C.CCCCNC(=O)CCCc1ccc(C)cc1. The topological polar surface area (TPSA) is 87.3 Å². The minimum atomic E-state index is -0.0131. The van der Waals surface area contributed by atoms with Gasteiger partial charge in [-0.2, -0.15) is 0 Å². The minimum absolute atomic E-state index is 0.00703. The first kappa shape index (κ1) is 41.3. The zero-order valence-corrected chi connectivity index (χ0v) is 27.2. The van der Waals surface area contributed by atoms with Crippen LogP contribution in [0.4, 0.5) is 0 Å². The molecule has 0 aliphatic heterocycles. The number of unbranched alkanes of at least 4 members (excludes halogenated alkanes) is 3. The standard InChI is InChI=1S/C15H23NO.C14H28N2O2.2C2H6/c1-3-4-12-16-15(17)7-5-6-14-10-8-13(2)9-11-14;1-11(2)13(17)10-16-14(18)8-6-5-7-9-15-12(3)4;2*1-2/h8-11H,3-7,12H2,1-2H3,(H,16,17);11-12,15H,5-10H2,1-4H3,(H,16,18);2*1-2H3. The summed E-state index contributed by atoms with van der Waals surface area (Å²) in [5.74, 6) is 0.253. The average molecular weight is 550 g/mol. The molecule has 0 fully saturated rings. The Balaban J connectivity index is -0.000000589. The largest absolute Gasteiger partial charge is 0.356 e. The van der Waals surface area contributed by atoms with Crippen LogP contribution in [0.25, 0.3) is 0 Å². The molecule has 6 heteroatoms. The molecule has 0 saturated heterocycles. The molecule has 0 atom stereocenters. The molecule has 228 valence electrons. The van der Waals surface area contributed by atoms with E-state index >= 15 is 0 Å². The van der Waals surface area contributed by atoms with Crippen LogP contribution in [0.15, 0.2) is 24.3 Å². The van der Waals surface area contributed by atoms with Gasteiger partial charge in [0.1, 0.15) is 0 Å². The molecule has 0 unspecified atom stereocenters. The molecule has 6 nitrogen and oxygen atoms in total. The van der Waals surface area contributed by atoms with E-state index in [0.29, 0.717) is 18.9 Å². The Kier molecular flexibility index (Phi) is 32.1. The highest BCUT2D eigenvalue weighted by Gasteiger charge is 2.08. The molecule has 0 aromatic heterocycles. The number of hydrogen-bond acceptors (Lipinski definition) is 4. The number of hydrogen-bond donors (Lipinski definition) is 3. The maximum atomic E-state index is 11.5. The molecular formula is C33H63N3O3. The summed E-state index contributed by atoms with van der Waals surface area (Å²) < 4.78 is 0. The van der Waals surface area contributed by atoms with Gasteiger partial charge >= 0.3 is 0 Å². The van der Waals surface area contributed by atoms with Crippen LogP contribution in [0.3, 0.4) is 0 Å². The molecular weight excluding hydrogens is 486 g/mol. The lowest BCUT2D eigenvalue weighted by Crippen LogP contribution is -2.31. The number of rotatable bonds is 17. The van der Waals surface area contributed by atoms with E-state index < -0.39 is 0 Å². The third kappa shape index (κ3) is 30.2. The van der Waals surface area contributed by atoms with Gasteiger partial charge in [0, 0.05) is 31.3 Å². The highest BCUT2D eigenvalue weighted by molar-refractivity contribution is 5.87. The summed E-state index contributed by atoms with van der Waals surface area (Å²) in [4.78, 5) is 34.2. The Morgan fingerprint density at radius 2 is 1.28 bits per heavy atom. The van der Waals surface area contributed by atoms with Crippen molar-refractivity contribution in [3.05, 3.63) is 35.4 Å². The predicted octanol–water partition coefficient (Wildman–Crippen LogP) is 7.17. The summed E-state index contributed by atoms with van der Waals surface area (Å²) in [5, 5.41) is 8.95. The summed E-state index contributed by atoms with van der Waals surface area (Å²) in [5.41, 5.74) is 2.60. The van der Waals surface area contributed by atoms with Crippen molar-refractivity contribution < 1.29 is 14.4 Å². The van der Waals surface area contributed by atoms with E-state index in [-0.39, 0.29) is 30.1 Å². The maximum Gasteiger partial charge on any atom is 0.220 e. The van der Waals surface area contributed by atoms with Gasteiger partial charge in [0.05, 0.1) is 6.54 Å². The Morgan fingerprint density at radius 3 is 1.82 bits per heavy atom. The number of carbonyl (C=O) groups excluding carboxylic acids is 3. The predicted molar refractivity (Wildman–Crippen MR) is 169 cm³/mol. The van der Waals surface area contributed by atoms with Crippen LogP contribution in [-0.4, -0.2) is 43.3 Å². The Labute approximate surface area is 241 Å². The van der Waals surface area contributed by atoms with Crippen LogP contribution in [0.1, 0.15) is 125 Å². The van der Waals surface area contributed by atoms with Gasteiger partial charge in [-0.3, -0.25) is 14.4 Å². The molecule has 0 bridgehead atoms. The quantitative estimate of drug-likeness (QED) is 0.180. The van der Waals surface area contributed by atoms with Crippen molar-refractivity contribution >= 4 is 17.6 Å². The van der Waals surface area contributed by atoms with Crippen LogP contribution < -0.4 is 16.0 Å². The van der Waals surface area contributed by atoms with Crippen LogP contribution >= 0.6 is 0 Å². The van der Waals surface area contributed by atoms with Gasteiger partial charge in [0.25, 0.3) is 0 Å². The van der Waals surface area contributed by atoms with Crippen LogP contribution in [-0.2, 0) is 20.8 Å². The van der Waals surface area contributed by atoms with Crippen LogP contribution in [0.5, 0.6) is 0 Å². The van der Waals surface area contributed by atoms with Crippen molar-refractivity contribution in [2.24, 2.45) is 5.92 Å². The number of carbonyl (C=O) groups is 3.